The molecule has 1 saturated heterocycles. The summed E-state index contributed by atoms with van der Waals surface area (Å²) < 4.78 is 20.9. The monoisotopic (exact) mass is 466 g/mol. The Kier molecular flexibility index (Phi) is 5.11. The Morgan fingerprint density at radius 3 is 2.82 bits per heavy atom. The van der Waals surface area contributed by atoms with Gasteiger partial charge in [-0.3, -0.25) is 9.69 Å². The number of nitrogens with one attached hydrogen (secondary N) is 1. The molecule has 0 bridgehead atoms. The van der Waals surface area contributed by atoms with E-state index < -0.39 is 18.0 Å². The Labute approximate surface area is 194 Å². The van der Waals surface area contributed by atoms with Gasteiger partial charge in [0.25, 0.3) is 0 Å². The number of hydrogen-bond acceptors (Lipinski definition) is 7. The Balaban J connectivity index is 1.63. The second-order valence-corrected chi connectivity index (χ2v) is 8.45. The third-order valence-electron chi connectivity index (χ3n) is 6.36. The number of anilines is 3. The molecule has 2 aliphatic rings. The van der Waals surface area contributed by atoms with Crippen LogP contribution >= 0.6 is 0 Å². The molecule has 10 nitrogen and oxygen atoms in total. The van der Waals surface area contributed by atoms with E-state index in [9.17, 15) is 14.7 Å². The van der Waals surface area contributed by atoms with Crippen LogP contribution in [-0.2, 0) is 4.79 Å². The molecule has 1 atom stereocenters. The van der Waals surface area contributed by atoms with Gasteiger partial charge < -0.3 is 25.8 Å². The summed E-state index contributed by atoms with van der Waals surface area (Å²) in [6, 6.07) is 2.59. The first-order valence-corrected chi connectivity index (χ1v) is 10.8. The van der Waals surface area contributed by atoms with Crippen molar-refractivity contribution < 1.29 is 23.8 Å². The molecule has 2 aromatic heterocycles. The summed E-state index contributed by atoms with van der Waals surface area (Å²) in [6.45, 7) is 3.21. The summed E-state index contributed by atoms with van der Waals surface area (Å²) in [5.74, 6) is -0.151. The van der Waals surface area contributed by atoms with Gasteiger partial charge in [-0.15, -0.1) is 0 Å². The normalized spacial score (nSPS) is 17.3. The average Bonchev–Trinajstić information content (AvgIpc) is 3.14. The first-order chi connectivity index (χ1) is 16.3. The van der Waals surface area contributed by atoms with Crippen molar-refractivity contribution in [3.63, 3.8) is 0 Å². The number of nitrogens with zero attached hydrogens (tertiary/aromatic N) is 4. The van der Waals surface area contributed by atoms with Crippen molar-refractivity contribution in [3.8, 4) is 17.0 Å². The van der Waals surface area contributed by atoms with E-state index in [4.69, 9.17) is 10.5 Å². The third-order valence-corrected chi connectivity index (χ3v) is 6.36. The molecular weight excluding hydrogens is 443 g/mol. The van der Waals surface area contributed by atoms with Crippen molar-refractivity contribution in [1.82, 2.24) is 14.9 Å². The first-order valence-electron chi connectivity index (χ1n) is 10.8. The molecule has 176 valence electrons. The van der Waals surface area contributed by atoms with Gasteiger partial charge in [0.1, 0.15) is 18.1 Å². The van der Waals surface area contributed by atoms with Gasteiger partial charge in [-0.25, -0.2) is 19.2 Å². The van der Waals surface area contributed by atoms with E-state index in [0.29, 0.717) is 41.1 Å². The SMILES string of the molecule is Cc1c(-c2cc3cc(N(C(=O)O)[C@H]4CC(=O)N(C)C4)ncc3c(N)c2F)cnc2c1NCCO2. The maximum Gasteiger partial charge on any atom is 0.413 e. The van der Waals surface area contributed by atoms with Gasteiger partial charge in [-0.1, -0.05) is 0 Å². The van der Waals surface area contributed by atoms with Gasteiger partial charge in [0.05, 0.1) is 11.7 Å². The molecule has 5 rings (SSSR count). The molecule has 1 fully saturated rings. The fourth-order valence-electron chi connectivity index (χ4n) is 4.56. The highest BCUT2D eigenvalue weighted by atomic mass is 19.1. The minimum Gasteiger partial charge on any atom is -0.474 e. The second-order valence-electron chi connectivity index (χ2n) is 8.45. The molecule has 4 heterocycles. The number of nitrogens with two attached hydrogens (primary N) is 1. The molecule has 0 radical (unpaired) electrons. The van der Waals surface area contributed by atoms with Crippen LogP contribution in [0, 0.1) is 12.7 Å². The molecule has 0 saturated carbocycles. The number of carbonyl (C=O) groups excluding carboxylic acids is 1. The summed E-state index contributed by atoms with van der Waals surface area (Å²) in [5.41, 5.74) is 8.28. The minimum absolute atomic E-state index is 0.0639. The lowest BCUT2D eigenvalue weighted by atomic mass is 9.97. The number of amides is 2. The average molecular weight is 466 g/mol. The zero-order valence-electron chi connectivity index (χ0n) is 18.6. The van der Waals surface area contributed by atoms with Crippen LogP contribution in [-0.4, -0.2) is 64.8 Å². The lowest BCUT2D eigenvalue weighted by Crippen LogP contribution is -2.41. The molecule has 3 aromatic rings. The summed E-state index contributed by atoms with van der Waals surface area (Å²) in [6.07, 6.45) is 1.73. The molecule has 0 unspecified atom stereocenters. The molecule has 2 aliphatic heterocycles. The number of nitrogen functional groups attached to an aromatic ring is 1. The van der Waals surface area contributed by atoms with Gasteiger partial charge >= 0.3 is 6.09 Å². The highest BCUT2D eigenvalue weighted by Gasteiger charge is 2.36. The second kappa shape index (κ2) is 8.01. The number of likely N-dealkylation sites (N-methyl/N-ethyl adjacent to an activating group) is 1. The number of fused-ring (bicyclic) bond motifs is 2. The molecule has 11 heteroatoms. The predicted octanol–water partition coefficient (Wildman–Crippen LogP) is 2.85. The fourth-order valence-corrected chi connectivity index (χ4v) is 4.56. The Morgan fingerprint density at radius 1 is 1.32 bits per heavy atom. The number of ether oxygens (including phenoxy) is 1. The summed E-state index contributed by atoms with van der Waals surface area (Å²) >= 11 is 0. The zero-order chi connectivity index (χ0) is 24.1. The number of likely N-dealkylation sites (tertiary alicyclic amines) is 1. The van der Waals surface area contributed by atoms with Gasteiger partial charge in [-0.2, -0.15) is 0 Å². The number of aromatic nitrogens is 2. The first kappa shape index (κ1) is 21.7. The number of rotatable bonds is 3. The van der Waals surface area contributed by atoms with Crippen LogP contribution < -0.4 is 20.7 Å². The van der Waals surface area contributed by atoms with E-state index in [2.05, 4.69) is 15.3 Å². The maximum atomic E-state index is 15.4. The fraction of sp³-hybridized carbons (Fsp3) is 0.304. The van der Waals surface area contributed by atoms with Crippen molar-refractivity contribution in [3.05, 3.63) is 35.9 Å². The van der Waals surface area contributed by atoms with Crippen LogP contribution in [0.2, 0.25) is 0 Å². The topological polar surface area (TPSA) is 134 Å². The van der Waals surface area contributed by atoms with E-state index in [0.717, 1.165) is 10.5 Å². The van der Waals surface area contributed by atoms with Crippen molar-refractivity contribution >= 4 is 40.0 Å². The number of halogens is 1. The van der Waals surface area contributed by atoms with Crippen molar-refractivity contribution in [2.75, 3.05) is 42.7 Å². The Bertz CT molecular complexity index is 1350. The van der Waals surface area contributed by atoms with Gasteiger partial charge in [-0.05, 0) is 30.0 Å². The van der Waals surface area contributed by atoms with Crippen molar-refractivity contribution in [2.45, 2.75) is 19.4 Å². The standard InChI is InChI=1S/C23H23FN6O4/c1-11-15(8-28-22-21(11)26-3-4-34-22)14-5-12-6-17(27-9-16(12)20(25)19(14)24)30(23(32)33)13-7-18(31)29(2)10-13/h5-6,8-9,13,26H,3-4,7,10,25H2,1-2H3,(H,32,33)/t13-/m0/s1. The van der Waals surface area contributed by atoms with E-state index in [1.54, 1.807) is 19.2 Å². The van der Waals surface area contributed by atoms with Crippen LogP contribution in [0.15, 0.2) is 24.5 Å². The highest BCUT2D eigenvalue weighted by Crippen LogP contribution is 2.40. The van der Waals surface area contributed by atoms with Gasteiger partial charge in [0, 0.05) is 55.5 Å². The zero-order valence-corrected chi connectivity index (χ0v) is 18.6. The molecule has 34 heavy (non-hydrogen) atoms. The van der Waals surface area contributed by atoms with Crippen LogP contribution in [0.25, 0.3) is 21.9 Å². The lowest BCUT2D eigenvalue weighted by Gasteiger charge is -2.25. The number of benzene rings is 1. The smallest absolute Gasteiger partial charge is 0.413 e. The molecule has 1 aromatic carbocycles. The van der Waals surface area contributed by atoms with Crippen molar-refractivity contribution in [2.24, 2.45) is 0 Å². The molecule has 2 amide bonds. The van der Waals surface area contributed by atoms with Crippen LogP contribution in [0.4, 0.5) is 26.4 Å². The van der Waals surface area contributed by atoms with Crippen LogP contribution in [0.1, 0.15) is 12.0 Å². The van der Waals surface area contributed by atoms with E-state index >= 15 is 4.39 Å². The van der Waals surface area contributed by atoms with E-state index in [1.807, 2.05) is 6.92 Å². The van der Waals surface area contributed by atoms with Gasteiger partial charge in [0.2, 0.25) is 11.8 Å². The van der Waals surface area contributed by atoms with Crippen LogP contribution in [0.3, 0.4) is 0 Å². The summed E-state index contributed by atoms with van der Waals surface area (Å²) in [5, 5.41) is 14.0. The molecule has 4 N–H and O–H groups in total. The maximum absolute atomic E-state index is 15.4. The highest BCUT2D eigenvalue weighted by molar-refractivity contribution is 6.00. The third kappa shape index (κ3) is 3.40. The van der Waals surface area contributed by atoms with Crippen molar-refractivity contribution in [1.29, 1.82) is 0 Å². The molecule has 0 aliphatic carbocycles. The predicted molar refractivity (Wildman–Crippen MR) is 125 cm³/mol. The molecular formula is C23H23FN6O4. The minimum atomic E-state index is -1.23. The number of carbonyl (C=O) groups is 2. The largest absolute Gasteiger partial charge is 0.474 e. The number of carboxylic acid groups (broad SMARTS) is 1. The lowest BCUT2D eigenvalue weighted by molar-refractivity contribution is -0.126. The molecule has 0 spiro atoms. The number of hydrogen-bond donors (Lipinski definition) is 3. The van der Waals surface area contributed by atoms with E-state index in [-0.39, 0.29) is 35.9 Å². The summed E-state index contributed by atoms with van der Waals surface area (Å²) in [7, 11) is 1.63. The summed E-state index contributed by atoms with van der Waals surface area (Å²) in [4.78, 5) is 35.2. The van der Waals surface area contributed by atoms with Crippen LogP contribution in [0.5, 0.6) is 5.88 Å². The van der Waals surface area contributed by atoms with Gasteiger partial charge in [0.15, 0.2) is 5.82 Å². The Morgan fingerprint density at radius 2 is 2.12 bits per heavy atom. The quantitative estimate of drug-likeness (QED) is 0.502. The number of pyridine rings is 2. The Hall–Kier alpha value is -4.15. The van der Waals surface area contributed by atoms with E-state index in [1.165, 1.54) is 17.3 Å².